The summed E-state index contributed by atoms with van der Waals surface area (Å²) >= 11 is 8.42. The van der Waals surface area contributed by atoms with Gasteiger partial charge in [-0.05, 0) is 72.2 Å². The molecule has 0 fully saturated rings. The van der Waals surface area contributed by atoms with Gasteiger partial charge in [-0.15, -0.1) is 0 Å². The Hall–Kier alpha value is 0.200. The second-order valence-corrected chi connectivity index (χ2v) is 6.08. The van der Waals surface area contributed by atoms with Crippen LogP contribution in [-0.4, -0.2) is 7.05 Å². The molecular weight excluding hydrogens is 333 g/mol. The van der Waals surface area contributed by atoms with Crippen molar-refractivity contribution in [3.63, 3.8) is 0 Å². The van der Waals surface area contributed by atoms with Gasteiger partial charge in [0, 0.05) is 14.6 Å². The summed E-state index contributed by atoms with van der Waals surface area (Å²) in [6, 6.07) is 6.51. The highest BCUT2D eigenvalue weighted by Crippen LogP contribution is 2.27. The minimum atomic E-state index is 0.410. The molecule has 0 aliphatic rings. The largest absolute Gasteiger partial charge is 0.313 e. The number of halogens is 2. The van der Waals surface area contributed by atoms with E-state index in [0.717, 1.165) is 17.4 Å². The number of rotatable bonds is 5. The van der Waals surface area contributed by atoms with Crippen LogP contribution >= 0.6 is 34.2 Å². The van der Waals surface area contributed by atoms with Crippen LogP contribution in [0.25, 0.3) is 0 Å². The Labute approximate surface area is 117 Å². The Bertz CT molecular complexity index is 339. The third-order valence-electron chi connectivity index (χ3n) is 2.71. The van der Waals surface area contributed by atoms with Gasteiger partial charge in [-0.1, -0.05) is 25.4 Å². The molecule has 1 rings (SSSR count). The maximum atomic E-state index is 6.05. The molecule has 0 aromatic heterocycles. The molecular formula is C13H19ClIN. The predicted molar refractivity (Wildman–Crippen MR) is 80.0 cm³/mol. The zero-order valence-electron chi connectivity index (χ0n) is 10.1. The summed E-state index contributed by atoms with van der Waals surface area (Å²) < 4.78 is 1.28. The zero-order valence-corrected chi connectivity index (χ0v) is 13.0. The second kappa shape index (κ2) is 6.82. The van der Waals surface area contributed by atoms with Gasteiger partial charge in [-0.25, -0.2) is 0 Å². The first-order valence-electron chi connectivity index (χ1n) is 5.66. The summed E-state index contributed by atoms with van der Waals surface area (Å²) in [7, 11) is 2.02. The Morgan fingerprint density at radius 1 is 1.31 bits per heavy atom. The van der Waals surface area contributed by atoms with Crippen LogP contribution < -0.4 is 5.32 Å². The van der Waals surface area contributed by atoms with E-state index in [2.05, 4.69) is 53.9 Å². The van der Waals surface area contributed by atoms with E-state index in [1.54, 1.807) is 0 Å². The topological polar surface area (TPSA) is 12.0 Å². The van der Waals surface area contributed by atoms with Gasteiger partial charge in [-0.2, -0.15) is 0 Å². The lowest BCUT2D eigenvalue weighted by atomic mass is 9.98. The summed E-state index contributed by atoms with van der Waals surface area (Å²) in [6.07, 6.45) is 2.39. The molecule has 0 saturated carbocycles. The third-order valence-corrected chi connectivity index (χ3v) is 3.93. The summed E-state index contributed by atoms with van der Waals surface area (Å²) in [4.78, 5) is 0. The van der Waals surface area contributed by atoms with E-state index in [-0.39, 0.29) is 0 Å². The molecule has 16 heavy (non-hydrogen) atoms. The number of hydrogen-bond donors (Lipinski definition) is 1. The summed E-state index contributed by atoms with van der Waals surface area (Å²) in [5.74, 6) is 0.743. The SMILES string of the molecule is CNC(CCC(C)C)c1cc(Cl)ccc1I. The fourth-order valence-electron chi connectivity index (χ4n) is 1.74. The van der Waals surface area contributed by atoms with Crippen molar-refractivity contribution in [3.05, 3.63) is 32.4 Å². The number of hydrogen-bond acceptors (Lipinski definition) is 1. The molecule has 0 spiro atoms. The van der Waals surface area contributed by atoms with Gasteiger partial charge in [-0.3, -0.25) is 0 Å². The van der Waals surface area contributed by atoms with Crippen molar-refractivity contribution in [2.75, 3.05) is 7.05 Å². The Morgan fingerprint density at radius 2 is 2.00 bits per heavy atom. The molecule has 1 unspecified atom stereocenters. The van der Waals surface area contributed by atoms with Crippen molar-refractivity contribution in [1.29, 1.82) is 0 Å². The van der Waals surface area contributed by atoms with Gasteiger partial charge < -0.3 is 5.32 Å². The molecule has 0 heterocycles. The average molecular weight is 352 g/mol. The summed E-state index contributed by atoms with van der Waals surface area (Å²) in [5, 5.41) is 4.20. The quantitative estimate of drug-likeness (QED) is 0.762. The predicted octanol–water partition coefficient (Wildman–Crippen LogP) is 4.64. The number of benzene rings is 1. The smallest absolute Gasteiger partial charge is 0.0410 e. The molecule has 0 saturated heterocycles. The van der Waals surface area contributed by atoms with Crippen LogP contribution in [0.2, 0.25) is 5.02 Å². The first-order valence-corrected chi connectivity index (χ1v) is 7.12. The molecule has 1 aromatic carbocycles. The zero-order chi connectivity index (χ0) is 12.1. The van der Waals surface area contributed by atoms with Crippen molar-refractivity contribution in [2.45, 2.75) is 32.7 Å². The minimum absolute atomic E-state index is 0.410. The van der Waals surface area contributed by atoms with Crippen molar-refractivity contribution >= 4 is 34.2 Å². The van der Waals surface area contributed by atoms with E-state index < -0.39 is 0 Å². The highest BCUT2D eigenvalue weighted by atomic mass is 127. The molecule has 1 nitrogen and oxygen atoms in total. The Kier molecular flexibility index (Phi) is 6.08. The van der Waals surface area contributed by atoms with E-state index >= 15 is 0 Å². The maximum absolute atomic E-state index is 6.05. The Balaban J connectivity index is 2.81. The molecule has 1 aromatic rings. The third kappa shape index (κ3) is 4.22. The van der Waals surface area contributed by atoms with E-state index in [1.807, 2.05) is 13.1 Å². The monoisotopic (exact) mass is 351 g/mol. The van der Waals surface area contributed by atoms with Gasteiger partial charge in [0.15, 0.2) is 0 Å². The van der Waals surface area contributed by atoms with Crippen molar-refractivity contribution in [1.82, 2.24) is 5.32 Å². The fraction of sp³-hybridized carbons (Fsp3) is 0.538. The first-order chi connectivity index (χ1) is 7.54. The first kappa shape index (κ1) is 14.3. The lowest BCUT2D eigenvalue weighted by Gasteiger charge is -2.19. The normalized spacial score (nSPS) is 13.1. The van der Waals surface area contributed by atoms with Crippen LogP contribution in [0, 0.1) is 9.49 Å². The molecule has 0 bridgehead atoms. The molecule has 1 atom stereocenters. The highest BCUT2D eigenvalue weighted by molar-refractivity contribution is 14.1. The van der Waals surface area contributed by atoms with Crippen molar-refractivity contribution in [2.24, 2.45) is 5.92 Å². The number of nitrogens with one attached hydrogen (secondary N) is 1. The molecule has 0 radical (unpaired) electrons. The van der Waals surface area contributed by atoms with Gasteiger partial charge in [0.25, 0.3) is 0 Å². The van der Waals surface area contributed by atoms with Gasteiger partial charge in [0.2, 0.25) is 0 Å². The lowest BCUT2D eigenvalue weighted by molar-refractivity contribution is 0.464. The molecule has 1 N–H and O–H groups in total. The molecule has 0 aliphatic carbocycles. The Morgan fingerprint density at radius 3 is 2.56 bits per heavy atom. The fourth-order valence-corrected chi connectivity index (χ4v) is 2.63. The van der Waals surface area contributed by atoms with Crippen LogP contribution in [0.3, 0.4) is 0 Å². The van der Waals surface area contributed by atoms with E-state index in [9.17, 15) is 0 Å². The van der Waals surface area contributed by atoms with Crippen LogP contribution in [0.4, 0.5) is 0 Å². The standard InChI is InChI=1S/C13H19ClIN/c1-9(2)4-7-13(16-3)11-8-10(14)5-6-12(11)15/h5-6,8-9,13,16H,4,7H2,1-3H3. The van der Waals surface area contributed by atoms with Crippen molar-refractivity contribution in [3.8, 4) is 0 Å². The maximum Gasteiger partial charge on any atom is 0.0410 e. The van der Waals surface area contributed by atoms with Crippen molar-refractivity contribution < 1.29 is 0 Å². The van der Waals surface area contributed by atoms with E-state index in [4.69, 9.17) is 11.6 Å². The summed E-state index contributed by atoms with van der Waals surface area (Å²) in [6.45, 7) is 4.52. The van der Waals surface area contributed by atoms with Crippen LogP contribution in [0.1, 0.15) is 38.3 Å². The second-order valence-electron chi connectivity index (χ2n) is 4.48. The van der Waals surface area contributed by atoms with Gasteiger partial charge >= 0.3 is 0 Å². The molecule has 3 heteroatoms. The lowest BCUT2D eigenvalue weighted by Crippen LogP contribution is -2.18. The summed E-state index contributed by atoms with van der Waals surface area (Å²) in [5.41, 5.74) is 1.32. The minimum Gasteiger partial charge on any atom is -0.313 e. The van der Waals surface area contributed by atoms with E-state index in [1.165, 1.54) is 15.6 Å². The van der Waals surface area contributed by atoms with Gasteiger partial charge in [0.1, 0.15) is 0 Å². The van der Waals surface area contributed by atoms with Crippen LogP contribution in [0.15, 0.2) is 18.2 Å². The van der Waals surface area contributed by atoms with Gasteiger partial charge in [0.05, 0.1) is 0 Å². The van der Waals surface area contributed by atoms with E-state index in [0.29, 0.717) is 6.04 Å². The average Bonchev–Trinajstić information content (AvgIpc) is 2.23. The van der Waals surface area contributed by atoms with Crippen LogP contribution in [-0.2, 0) is 0 Å². The molecule has 0 aliphatic heterocycles. The molecule has 0 amide bonds. The van der Waals surface area contributed by atoms with Crippen LogP contribution in [0.5, 0.6) is 0 Å². The highest BCUT2D eigenvalue weighted by Gasteiger charge is 2.13. The molecule has 90 valence electrons.